The topological polar surface area (TPSA) is 29.3 Å². The van der Waals surface area contributed by atoms with Gasteiger partial charge in [-0.15, -0.1) is 0 Å². The van der Waals surface area contributed by atoms with Crippen molar-refractivity contribution in [1.29, 1.82) is 0 Å². The van der Waals surface area contributed by atoms with Crippen LogP contribution in [0, 0.1) is 5.82 Å². The molecule has 1 aliphatic heterocycles. The van der Waals surface area contributed by atoms with E-state index in [1.807, 2.05) is 12.1 Å². The molecule has 0 unspecified atom stereocenters. The molecule has 0 saturated carbocycles. The second-order valence-corrected chi connectivity index (χ2v) is 4.20. The molecule has 3 heterocycles. The van der Waals surface area contributed by atoms with Crippen LogP contribution in [0.3, 0.4) is 0 Å². The van der Waals surface area contributed by atoms with Crippen LogP contribution in [0.4, 0.5) is 10.2 Å². The molecule has 1 atom stereocenters. The third kappa shape index (κ3) is 1.90. The Bertz CT molecular complexity index is 481. The normalized spacial score (nSPS) is 19.8. The van der Waals surface area contributed by atoms with Crippen LogP contribution in [-0.4, -0.2) is 11.5 Å². The SMILES string of the molecule is Fc1ccc(N2CCC[C@@H]2c2ccco2)nc1. The van der Waals surface area contributed by atoms with Crippen LogP contribution >= 0.6 is 0 Å². The molecule has 1 saturated heterocycles. The molecule has 1 fully saturated rings. The van der Waals surface area contributed by atoms with Crippen LogP contribution in [0.2, 0.25) is 0 Å². The van der Waals surface area contributed by atoms with Crippen LogP contribution in [0.1, 0.15) is 24.6 Å². The standard InChI is InChI=1S/C13H13FN2O/c14-10-5-6-13(15-9-10)16-7-1-3-11(16)12-4-2-8-17-12/h2,4-6,8-9,11H,1,3,7H2/t11-/m1/s1. The van der Waals surface area contributed by atoms with Gasteiger partial charge in [0.15, 0.2) is 0 Å². The fourth-order valence-corrected chi connectivity index (χ4v) is 2.36. The average molecular weight is 232 g/mol. The van der Waals surface area contributed by atoms with Gasteiger partial charge in [-0.2, -0.15) is 0 Å². The van der Waals surface area contributed by atoms with E-state index < -0.39 is 0 Å². The number of rotatable bonds is 2. The smallest absolute Gasteiger partial charge is 0.141 e. The van der Waals surface area contributed by atoms with Crippen LogP contribution in [0.25, 0.3) is 0 Å². The van der Waals surface area contributed by atoms with Gasteiger partial charge in [0.1, 0.15) is 17.4 Å². The zero-order valence-corrected chi connectivity index (χ0v) is 9.34. The van der Waals surface area contributed by atoms with E-state index in [-0.39, 0.29) is 11.9 Å². The molecule has 0 aromatic carbocycles. The van der Waals surface area contributed by atoms with Crippen molar-refractivity contribution in [3.05, 3.63) is 48.3 Å². The quantitative estimate of drug-likeness (QED) is 0.796. The van der Waals surface area contributed by atoms with E-state index in [0.717, 1.165) is 31.0 Å². The van der Waals surface area contributed by atoms with Gasteiger partial charge in [0.2, 0.25) is 0 Å². The van der Waals surface area contributed by atoms with Crippen LogP contribution in [0.15, 0.2) is 41.1 Å². The molecule has 0 N–H and O–H groups in total. The van der Waals surface area contributed by atoms with E-state index in [4.69, 9.17) is 4.42 Å². The Labute approximate surface area is 98.9 Å². The summed E-state index contributed by atoms with van der Waals surface area (Å²) in [4.78, 5) is 6.29. The van der Waals surface area contributed by atoms with Gasteiger partial charge in [-0.25, -0.2) is 9.37 Å². The van der Waals surface area contributed by atoms with Gasteiger partial charge in [-0.05, 0) is 37.1 Å². The lowest BCUT2D eigenvalue weighted by Crippen LogP contribution is -2.23. The van der Waals surface area contributed by atoms with Gasteiger partial charge in [0, 0.05) is 6.54 Å². The largest absolute Gasteiger partial charge is 0.467 e. The third-order valence-corrected chi connectivity index (χ3v) is 3.13. The molecule has 0 radical (unpaired) electrons. The molecule has 88 valence electrons. The van der Waals surface area contributed by atoms with E-state index >= 15 is 0 Å². The minimum atomic E-state index is -0.303. The molecule has 1 aliphatic rings. The lowest BCUT2D eigenvalue weighted by molar-refractivity contribution is 0.464. The molecule has 3 rings (SSSR count). The van der Waals surface area contributed by atoms with E-state index in [9.17, 15) is 4.39 Å². The molecular weight excluding hydrogens is 219 g/mol. The minimum Gasteiger partial charge on any atom is -0.467 e. The second kappa shape index (κ2) is 4.20. The van der Waals surface area contributed by atoms with Crippen molar-refractivity contribution in [3.63, 3.8) is 0 Å². The number of nitrogens with zero attached hydrogens (tertiary/aromatic N) is 2. The number of halogens is 1. The summed E-state index contributed by atoms with van der Waals surface area (Å²) in [7, 11) is 0. The van der Waals surface area contributed by atoms with Gasteiger partial charge in [-0.3, -0.25) is 0 Å². The van der Waals surface area contributed by atoms with E-state index in [0.29, 0.717) is 0 Å². The van der Waals surface area contributed by atoms with Crippen LogP contribution in [-0.2, 0) is 0 Å². The zero-order valence-electron chi connectivity index (χ0n) is 9.34. The van der Waals surface area contributed by atoms with Gasteiger partial charge in [0.25, 0.3) is 0 Å². The highest BCUT2D eigenvalue weighted by atomic mass is 19.1. The first kappa shape index (κ1) is 10.3. The molecule has 17 heavy (non-hydrogen) atoms. The Hall–Kier alpha value is -1.84. The van der Waals surface area contributed by atoms with Crippen molar-refractivity contribution in [2.75, 3.05) is 11.4 Å². The Morgan fingerprint density at radius 2 is 2.29 bits per heavy atom. The van der Waals surface area contributed by atoms with Gasteiger partial charge in [-0.1, -0.05) is 0 Å². The summed E-state index contributed by atoms with van der Waals surface area (Å²) in [6.07, 6.45) is 5.09. The van der Waals surface area contributed by atoms with Gasteiger partial charge < -0.3 is 9.32 Å². The highest BCUT2D eigenvalue weighted by Gasteiger charge is 2.28. The first-order chi connectivity index (χ1) is 8.34. The Balaban J connectivity index is 1.89. The van der Waals surface area contributed by atoms with E-state index in [2.05, 4.69) is 9.88 Å². The van der Waals surface area contributed by atoms with Crippen LogP contribution < -0.4 is 4.90 Å². The maximum absolute atomic E-state index is 12.8. The highest BCUT2D eigenvalue weighted by Crippen LogP contribution is 2.35. The van der Waals surface area contributed by atoms with Crippen molar-refractivity contribution >= 4 is 5.82 Å². The first-order valence-corrected chi connectivity index (χ1v) is 5.76. The van der Waals surface area contributed by atoms with Crippen LogP contribution in [0.5, 0.6) is 0 Å². The number of hydrogen-bond donors (Lipinski definition) is 0. The van der Waals surface area contributed by atoms with Crippen molar-refractivity contribution in [3.8, 4) is 0 Å². The monoisotopic (exact) mass is 232 g/mol. The maximum atomic E-state index is 12.8. The summed E-state index contributed by atoms with van der Waals surface area (Å²) >= 11 is 0. The number of hydrogen-bond acceptors (Lipinski definition) is 3. The predicted octanol–water partition coefficient (Wildman–Crippen LogP) is 3.16. The minimum absolute atomic E-state index is 0.225. The van der Waals surface area contributed by atoms with E-state index in [1.165, 1.54) is 12.3 Å². The zero-order chi connectivity index (χ0) is 11.7. The molecule has 0 bridgehead atoms. The average Bonchev–Trinajstić information content (AvgIpc) is 3.00. The van der Waals surface area contributed by atoms with Gasteiger partial charge in [0.05, 0.1) is 18.5 Å². The summed E-state index contributed by atoms with van der Waals surface area (Å²) in [5.41, 5.74) is 0. The molecule has 0 spiro atoms. The number of pyridine rings is 1. The van der Waals surface area contributed by atoms with Crippen molar-refractivity contribution in [2.45, 2.75) is 18.9 Å². The maximum Gasteiger partial charge on any atom is 0.141 e. The first-order valence-electron chi connectivity index (χ1n) is 5.76. The Morgan fingerprint density at radius 3 is 3.00 bits per heavy atom. The number of aromatic nitrogens is 1. The third-order valence-electron chi connectivity index (χ3n) is 3.13. The summed E-state index contributed by atoms with van der Waals surface area (Å²) in [5.74, 6) is 1.46. The molecule has 2 aromatic rings. The highest BCUT2D eigenvalue weighted by molar-refractivity contribution is 5.42. The molecule has 4 heteroatoms. The second-order valence-electron chi connectivity index (χ2n) is 4.20. The lowest BCUT2D eigenvalue weighted by atomic mass is 10.1. The number of anilines is 1. The lowest BCUT2D eigenvalue weighted by Gasteiger charge is -2.23. The Morgan fingerprint density at radius 1 is 1.35 bits per heavy atom. The predicted molar refractivity (Wildman–Crippen MR) is 62.2 cm³/mol. The Kier molecular flexibility index (Phi) is 2.55. The number of furan rings is 1. The molecule has 3 nitrogen and oxygen atoms in total. The molecular formula is C13H13FN2O. The van der Waals surface area contributed by atoms with E-state index in [1.54, 1.807) is 12.3 Å². The fraction of sp³-hybridized carbons (Fsp3) is 0.308. The van der Waals surface area contributed by atoms with Crippen molar-refractivity contribution in [1.82, 2.24) is 4.98 Å². The fourth-order valence-electron chi connectivity index (χ4n) is 2.36. The summed E-state index contributed by atoms with van der Waals surface area (Å²) in [5, 5.41) is 0. The molecule has 0 aliphatic carbocycles. The molecule has 2 aromatic heterocycles. The summed E-state index contributed by atoms with van der Waals surface area (Å²) in [6.45, 7) is 0.935. The van der Waals surface area contributed by atoms with Crippen molar-refractivity contribution < 1.29 is 8.81 Å². The summed E-state index contributed by atoms with van der Waals surface area (Å²) < 4.78 is 18.3. The van der Waals surface area contributed by atoms with Gasteiger partial charge >= 0.3 is 0 Å². The van der Waals surface area contributed by atoms with Crippen molar-refractivity contribution in [2.24, 2.45) is 0 Å². The summed E-state index contributed by atoms with van der Waals surface area (Å²) in [6, 6.07) is 7.26. The molecule has 0 amide bonds.